The number of carbonyl (C=O) groups is 1. The van der Waals surface area contributed by atoms with Crippen LogP contribution in [0.3, 0.4) is 0 Å². The van der Waals surface area contributed by atoms with Crippen LogP contribution in [0.25, 0.3) is 0 Å². The number of alkyl halides is 1. The normalized spacial score (nSPS) is 19.7. The zero-order chi connectivity index (χ0) is 12.4. The number of carbonyl (C=O) groups excluding carboxylic acids is 1. The lowest BCUT2D eigenvalue weighted by atomic mass is 10.1. The maximum atomic E-state index is 13.8. The molecule has 0 bridgehead atoms. The highest BCUT2D eigenvalue weighted by Crippen LogP contribution is 2.22. The van der Waals surface area contributed by atoms with Crippen LogP contribution in [0.1, 0.15) is 22.3 Å². The van der Waals surface area contributed by atoms with Crippen molar-refractivity contribution in [2.75, 3.05) is 18.4 Å². The number of halogens is 2. The van der Waals surface area contributed by atoms with E-state index >= 15 is 0 Å². The molecule has 1 unspecified atom stereocenters. The third-order valence-electron chi connectivity index (χ3n) is 3.21. The molecule has 2 nitrogen and oxygen atoms in total. The van der Waals surface area contributed by atoms with Crippen molar-refractivity contribution in [1.82, 2.24) is 4.90 Å². The van der Waals surface area contributed by atoms with Crippen LogP contribution in [0.15, 0.2) is 18.2 Å². The van der Waals surface area contributed by atoms with Gasteiger partial charge in [-0.25, -0.2) is 4.39 Å². The number of hydrogen-bond acceptors (Lipinski definition) is 1. The maximum absolute atomic E-state index is 13.8. The minimum atomic E-state index is -0.389. The molecule has 1 fully saturated rings. The van der Waals surface area contributed by atoms with Crippen LogP contribution >= 0.6 is 15.9 Å². The summed E-state index contributed by atoms with van der Waals surface area (Å²) in [4.78, 5) is 13.9. The molecular formula is C13H15BrFNO. The fourth-order valence-corrected chi connectivity index (χ4v) is 2.65. The molecular weight excluding hydrogens is 285 g/mol. The first-order chi connectivity index (χ1) is 8.13. The largest absolute Gasteiger partial charge is 0.338 e. The van der Waals surface area contributed by atoms with E-state index in [9.17, 15) is 9.18 Å². The molecule has 2 rings (SSSR count). The predicted octanol–water partition coefficient (Wildman–Crippen LogP) is 2.99. The van der Waals surface area contributed by atoms with E-state index in [0.717, 1.165) is 24.8 Å². The van der Waals surface area contributed by atoms with E-state index in [-0.39, 0.29) is 17.3 Å². The summed E-state index contributed by atoms with van der Waals surface area (Å²) in [5.74, 6) is -0.0822. The van der Waals surface area contributed by atoms with Gasteiger partial charge in [-0.2, -0.15) is 0 Å². The number of rotatable bonds is 2. The van der Waals surface area contributed by atoms with Crippen molar-refractivity contribution in [3.05, 3.63) is 35.1 Å². The van der Waals surface area contributed by atoms with Crippen LogP contribution in [0, 0.1) is 18.7 Å². The van der Waals surface area contributed by atoms with Gasteiger partial charge in [-0.1, -0.05) is 28.1 Å². The van der Waals surface area contributed by atoms with Gasteiger partial charge in [0, 0.05) is 18.4 Å². The Bertz CT molecular complexity index is 435. The van der Waals surface area contributed by atoms with Crippen molar-refractivity contribution in [3.63, 3.8) is 0 Å². The lowest BCUT2D eigenvalue weighted by molar-refractivity contribution is 0.0783. The standard InChI is InChI=1S/C13H15BrFNO/c1-9-3-2-4-11(12(9)15)13(17)16-6-5-10(7-14)8-16/h2-4,10H,5-8H2,1H3. The second-order valence-electron chi connectivity index (χ2n) is 4.50. The maximum Gasteiger partial charge on any atom is 0.256 e. The zero-order valence-corrected chi connectivity index (χ0v) is 11.3. The Labute approximate surface area is 109 Å². The van der Waals surface area contributed by atoms with Gasteiger partial charge in [0.05, 0.1) is 5.56 Å². The van der Waals surface area contributed by atoms with Crippen molar-refractivity contribution in [1.29, 1.82) is 0 Å². The summed E-state index contributed by atoms with van der Waals surface area (Å²) in [7, 11) is 0. The van der Waals surface area contributed by atoms with Crippen LogP contribution in [-0.2, 0) is 0 Å². The van der Waals surface area contributed by atoms with E-state index < -0.39 is 0 Å². The van der Waals surface area contributed by atoms with Gasteiger partial charge < -0.3 is 4.90 Å². The summed E-state index contributed by atoms with van der Waals surface area (Å²) in [6.07, 6.45) is 0.991. The number of likely N-dealkylation sites (tertiary alicyclic amines) is 1. The van der Waals surface area contributed by atoms with Crippen LogP contribution in [0.4, 0.5) is 4.39 Å². The summed E-state index contributed by atoms with van der Waals surface area (Å²) >= 11 is 3.42. The summed E-state index contributed by atoms with van der Waals surface area (Å²) in [5, 5.41) is 0.896. The molecule has 17 heavy (non-hydrogen) atoms. The summed E-state index contributed by atoms with van der Waals surface area (Å²) in [6.45, 7) is 3.12. The van der Waals surface area contributed by atoms with Crippen LogP contribution < -0.4 is 0 Å². The molecule has 0 aliphatic carbocycles. The summed E-state index contributed by atoms with van der Waals surface area (Å²) in [6, 6.07) is 4.97. The summed E-state index contributed by atoms with van der Waals surface area (Å²) < 4.78 is 13.8. The summed E-state index contributed by atoms with van der Waals surface area (Å²) in [5.41, 5.74) is 0.715. The highest BCUT2D eigenvalue weighted by atomic mass is 79.9. The number of nitrogens with zero attached hydrogens (tertiary/aromatic N) is 1. The highest BCUT2D eigenvalue weighted by Gasteiger charge is 2.27. The molecule has 0 aromatic heterocycles. The highest BCUT2D eigenvalue weighted by molar-refractivity contribution is 9.09. The SMILES string of the molecule is Cc1cccc(C(=O)N2CCC(CBr)C2)c1F. The molecule has 0 spiro atoms. The average molecular weight is 300 g/mol. The molecule has 0 N–H and O–H groups in total. The van der Waals surface area contributed by atoms with Crippen LogP contribution in [0.5, 0.6) is 0 Å². The first-order valence-corrected chi connectivity index (χ1v) is 6.86. The first-order valence-electron chi connectivity index (χ1n) is 5.74. The molecule has 1 heterocycles. The number of hydrogen-bond donors (Lipinski definition) is 0. The van der Waals surface area contributed by atoms with Crippen LogP contribution in [-0.4, -0.2) is 29.2 Å². The van der Waals surface area contributed by atoms with E-state index in [1.165, 1.54) is 0 Å². The Hall–Kier alpha value is -0.900. The Morgan fingerprint density at radius 3 is 3.00 bits per heavy atom. The number of amides is 1. The second kappa shape index (κ2) is 5.17. The fraction of sp³-hybridized carbons (Fsp3) is 0.462. The van der Waals surface area contributed by atoms with E-state index in [1.54, 1.807) is 30.0 Å². The minimum absolute atomic E-state index is 0.186. The van der Waals surface area contributed by atoms with Crippen molar-refractivity contribution < 1.29 is 9.18 Å². The van der Waals surface area contributed by atoms with Crippen molar-refractivity contribution >= 4 is 21.8 Å². The quantitative estimate of drug-likeness (QED) is 0.769. The lowest BCUT2D eigenvalue weighted by Gasteiger charge is -2.17. The third kappa shape index (κ3) is 2.51. The Morgan fingerprint density at radius 1 is 1.59 bits per heavy atom. The second-order valence-corrected chi connectivity index (χ2v) is 5.14. The van der Waals surface area contributed by atoms with E-state index in [4.69, 9.17) is 0 Å². The van der Waals surface area contributed by atoms with E-state index in [1.807, 2.05) is 0 Å². The molecule has 92 valence electrons. The van der Waals surface area contributed by atoms with Gasteiger partial charge in [0.1, 0.15) is 5.82 Å². The zero-order valence-electron chi connectivity index (χ0n) is 9.75. The lowest BCUT2D eigenvalue weighted by Crippen LogP contribution is -2.29. The minimum Gasteiger partial charge on any atom is -0.338 e. The molecule has 1 atom stereocenters. The third-order valence-corrected chi connectivity index (χ3v) is 4.13. The molecule has 1 saturated heterocycles. The monoisotopic (exact) mass is 299 g/mol. The molecule has 1 aromatic rings. The molecule has 4 heteroatoms. The number of benzene rings is 1. The van der Waals surface area contributed by atoms with Gasteiger partial charge >= 0.3 is 0 Å². The molecule has 1 aliphatic rings. The van der Waals surface area contributed by atoms with Gasteiger partial charge in [0.15, 0.2) is 0 Å². The van der Waals surface area contributed by atoms with Gasteiger partial charge in [0.25, 0.3) is 5.91 Å². The first kappa shape index (κ1) is 12.6. The van der Waals surface area contributed by atoms with Crippen molar-refractivity contribution in [2.24, 2.45) is 5.92 Å². The van der Waals surface area contributed by atoms with E-state index in [2.05, 4.69) is 15.9 Å². The van der Waals surface area contributed by atoms with Gasteiger partial charge in [0.2, 0.25) is 0 Å². The number of aryl methyl sites for hydroxylation is 1. The van der Waals surface area contributed by atoms with Gasteiger partial charge in [-0.05, 0) is 30.9 Å². The fourth-order valence-electron chi connectivity index (χ4n) is 2.13. The Morgan fingerprint density at radius 2 is 2.35 bits per heavy atom. The molecule has 1 amide bonds. The molecule has 0 radical (unpaired) electrons. The van der Waals surface area contributed by atoms with E-state index in [0.29, 0.717) is 11.5 Å². The average Bonchev–Trinajstić information content (AvgIpc) is 2.80. The topological polar surface area (TPSA) is 20.3 Å². The van der Waals surface area contributed by atoms with Crippen LogP contribution in [0.2, 0.25) is 0 Å². The van der Waals surface area contributed by atoms with Gasteiger partial charge in [-0.15, -0.1) is 0 Å². The predicted molar refractivity (Wildman–Crippen MR) is 68.9 cm³/mol. The smallest absolute Gasteiger partial charge is 0.256 e. The van der Waals surface area contributed by atoms with Crippen molar-refractivity contribution in [3.8, 4) is 0 Å². The molecule has 1 aliphatic heterocycles. The Balaban J connectivity index is 2.18. The van der Waals surface area contributed by atoms with Gasteiger partial charge in [-0.3, -0.25) is 4.79 Å². The molecule has 0 saturated carbocycles. The molecule has 1 aromatic carbocycles. The Kier molecular flexibility index (Phi) is 3.82. The van der Waals surface area contributed by atoms with Crippen molar-refractivity contribution in [2.45, 2.75) is 13.3 Å².